The number of nitrogens with zero attached hydrogens (tertiary/aromatic N) is 1. The lowest BCUT2D eigenvalue weighted by Gasteiger charge is -2.28. The molecule has 2 bridgehead atoms. The minimum absolute atomic E-state index is 0.100. The van der Waals surface area contributed by atoms with Gasteiger partial charge in [0.1, 0.15) is 6.10 Å². The normalized spacial score (nSPS) is 34.2. The molecule has 0 N–H and O–H groups in total. The average molecular weight is 327 g/mol. The van der Waals surface area contributed by atoms with E-state index in [-0.39, 0.29) is 11.7 Å². The van der Waals surface area contributed by atoms with E-state index in [4.69, 9.17) is 9.57 Å². The third kappa shape index (κ3) is 2.40. The van der Waals surface area contributed by atoms with Gasteiger partial charge in [-0.15, -0.1) is 0 Å². The van der Waals surface area contributed by atoms with Crippen LogP contribution in [0.2, 0.25) is 0 Å². The largest absolute Gasteiger partial charge is 0.391 e. The van der Waals surface area contributed by atoms with Crippen molar-refractivity contribution in [1.29, 1.82) is 0 Å². The van der Waals surface area contributed by atoms with Crippen LogP contribution >= 0.6 is 0 Å². The molecule has 3 aliphatic rings. The number of ether oxygens (including phenoxy) is 1. The summed E-state index contributed by atoms with van der Waals surface area (Å²) in [5.41, 5.74) is 6.31. The molecular weight excluding hydrogens is 298 g/mol. The van der Waals surface area contributed by atoms with Crippen molar-refractivity contribution in [3.63, 3.8) is 0 Å². The number of hydrogen-bond acceptors (Lipinski definition) is 3. The van der Waals surface area contributed by atoms with Gasteiger partial charge < -0.3 is 9.57 Å². The fraction of sp³-hybridized carbons (Fsp3) is 0.667. The molecule has 1 heterocycles. The van der Waals surface area contributed by atoms with E-state index >= 15 is 0 Å². The van der Waals surface area contributed by atoms with Crippen LogP contribution in [0, 0.1) is 38.5 Å². The van der Waals surface area contributed by atoms with E-state index in [0.717, 1.165) is 0 Å². The summed E-state index contributed by atoms with van der Waals surface area (Å²) in [6.07, 6.45) is 2.97. The molecule has 4 rings (SSSR count). The molecule has 0 amide bonds. The van der Waals surface area contributed by atoms with Crippen LogP contribution in [-0.2, 0) is 9.57 Å². The molecule has 2 saturated carbocycles. The molecule has 2 fully saturated rings. The number of aryl methyl sites for hydroxylation is 3. The second kappa shape index (κ2) is 5.32. The van der Waals surface area contributed by atoms with Gasteiger partial charge in [-0.05, 0) is 71.4 Å². The Bertz CT molecular complexity index is 677. The highest BCUT2D eigenvalue weighted by Gasteiger charge is 2.61. The molecule has 3 nitrogen and oxygen atoms in total. The fourth-order valence-corrected chi connectivity index (χ4v) is 5.34. The van der Waals surface area contributed by atoms with E-state index < -0.39 is 0 Å². The van der Waals surface area contributed by atoms with Crippen LogP contribution in [-0.4, -0.2) is 23.5 Å². The zero-order valence-corrected chi connectivity index (χ0v) is 15.7. The zero-order valence-electron chi connectivity index (χ0n) is 15.7. The topological polar surface area (TPSA) is 30.8 Å². The highest BCUT2D eigenvalue weighted by Crippen LogP contribution is 2.55. The van der Waals surface area contributed by atoms with Gasteiger partial charge in [-0.1, -0.05) is 22.9 Å². The van der Waals surface area contributed by atoms with E-state index in [2.05, 4.69) is 58.8 Å². The summed E-state index contributed by atoms with van der Waals surface area (Å²) in [6.45, 7) is 13.0. The number of hydrogen-bond donors (Lipinski definition) is 0. The predicted molar refractivity (Wildman–Crippen MR) is 96.4 cm³/mol. The van der Waals surface area contributed by atoms with Crippen molar-refractivity contribution in [2.45, 2.75) is 72.2 Å². The Balaban J connectivity index is 1.68. The van der Waals surface area contributed by atoms with Crippen LogP contribution in [0.5, 0.6) is 0 Å². The van der Waals surface area contributed by atoms with Crippen LogP contribution in [0.15, 0.2) is 17.3 Å². The molecule has 2 aliphatic carbocycles. The molecule has 0 aromatic heterocycles. The first-order valence-corrected chi connectivity index (χ1v) is 9.26. The lowest BCUT2D eigenvalue weighted by Crippen LogP contribution is -2.32. The van der Waals surface area contributed by atoms with Gasteiger partial charge in [0.15, 0.2) is 0 Å². The van der Waals surface area contributed by atoms with Crippen molar-refractivity contribution < 1.29 is 9.57 Å². The summed E-state index contributed by atoms with van der Waals surface area (Å²) >= 11 is 0. The van der Waals surface area contributed by atoms with Crippen LogP contribution < -0.4 is 0 Å². The first-order valence-electron chi connectivity index (χ1n) is 9.26. The van der Waals surface area contributed by atoms with Crippen molar-refractivity contribution >= 4 is 5.71 Å². The third-order valence-electron chi connectivity index (χ3n) is 5.93. The summed E-state index contributed by atoms with van der Waals surface area (Å²) < 4.78 is 6.45. The van der Waals surface area contributed by atoms with Crippen molar-refractivity contribution in [3.8, 4) is 0 Å². The maximum absolute atomic E-state index is 6.45. The summed E-state index contributed by atoms with van der Waals surface area (Å²) in [4.78, 5) is 5.97. The van der Waals surface area contributed by atoms with Gasteiger partial charge in [0.25, 0.3) is 0 Å². The summed E-state index contributed by atoms with van der Waals surface area (Å²) in [6, 6.07) is 4.52. The smallest absolute Gasteiger partial charge is 0.141 e. The lowest BCUT2D eigenvalue weighted by atomic mass is 9.79. The van der Waals surface area contributed by atoms with E-state index in [1.807, 2.05) is 0 Å². The highest BCUT2D eigenvalue weighted by molar-refractivity contribution is 6.06. The maximum Gasteiger partial charge on any atom is 0.141 e. The molecule has 130 valence electrons. The number of oxime groups is 1. The molecule has 24 heavy (non-hydrogen) atoms. The second-order valence-corrected chi connectivity index (χ2v) is 8.95. The van der Waals surface area contributed by atoms with Gasteiger partial charge >= 0.3 is 0 Å². The average Bonchev–Trinajstić information content (AvgIpc) is 3.08. The molecule has 0 saturated heterocycles. The minimum atomic E-state index is -0.100. The second-order valence-electron chi connectivity index (χ2n) is 8.95. The Labute approximate surface area is 145 Å². The van der Waals surface area contributed by atoms with E-state index in [1.165, 1.54) is 40.8 Å². The molecule has 1 aromatic rings. The molecule has 0 spiro atoms. The summed E-state index contributed by atoms with van der Waals surface area (Å²) in [5.74, 6) is 1.43. The van der Waals surface area contributed by atoms with Gasteiger partial charge in [0.05, 0.1) is 23.3 Å². The van der Waals surface area contributed by atoms with Crippen LogP contribution in [0.1, 0.15) is 55.9 Å². The Hall–Kier alpha value is -1.35. The minimum Gasteiger partial charge on any atom is -0.391 e. The van der Waals surface area contributed by atoms with Crippen molar-refractivity contribution in [1.82, 2.24) is 0 Å². The molecule has 1 aliphatic heterocycles. The SMILES string of the molecule is Cc1cc(C)c(C2=NOC3C4CCC(C4OC(C)(C)C)C23)c(C)c1. The first-order chi connectivity index (χ1) is 11.3. The molecule has 0 radical (unpaired) electrons. The van der Waals surface area contributed by atoms with Gasteiger partial charge in [-0.25, -0.2) is 0 Å². The molecular formula is C21H29NO2. The zero-order chi connectivity index (χ0) is 17.2. The van der Waals surface area contributed by atoms with Crippen LogP contribution in [0.4, 0.5) is 0 Å². The van der Waals surface area contributed by atoms with Gasteiger partial charge in [-0.3, -0.25) is 0 Å². The molecule has 5 atom stereocenters. The van der Waals surface area contributed by atoms with Crippen molar-refractivity contribution in [3.05, 3.63) is 34.4 Å². The fourth-order valence-electron chi connectivity index (χ4n) is 5.34. The molecule has 5 unspecified atom stereocenters. The van der Waals surface area contributed by atoms with Crippen molar-refractivity contribution in [2.75, 3.05) is 0 Å². The Morgan fingerprint density at radius 3 is 2.29 bits per heavy atom. The van der Waals surface area contributed by atoms with E-state index in [9.17, 15) is 0 Å². The van der Waals surface area contributed by atoms with Gasteiger partial charge in [0, 0.05) is 11.5 Å². The Morgan fingerprint density at radius 2 is 1.67 bits per heavy atom. The lowest BCUT2D eigenvalue weighted by molar-refractivity contribution is -0.0897. The number of fused-ring (bicyclic) bond motifs is 5. The molecule has 3 heteroatoms. The monoisotopic (exact) mass is 327 g/mol. The van der Waals surface area contributed by atoms with E-state index in [0.29, 0.717) is 23.9 Å². The predicted octanol–water partition coefficient (Wildman–Crippen LogP) is 4.55. The summed E-state index contributed by atoms with van der Waals surface area (Å²) in [5, 5.41) is 4.57. The third-order valence-corrected chi connectivity index (χ3v) is 5.93. The van der Waals surface area contributed by atoms with Gasteiger partial charge in [0.2, 0.25) is 0 Å². The number of rotatable bonds is 2. The standard InChI is InChI=1S/C21H29NO2/c1-11-9-12(2)16(13(3)10-11)18-17-14-7-8-15(20(17)24-22-18)19(14)23-21(4,5)6/h9-10,14-15,17,19-20H,7-8H2,1-6H3. The van der Waals surface area contributed by atoms with Crippen molar-refractivity contribution in [2.24, 2.45) is 22.9 Å². The van der Waals surface area contributed by atoms with E-state index in [1.54, 1.807) is 0 Å². The maximum atomic E-state index is 6.45. The van der Waals surface area contributed by atoms with Crippen LogP contribution in [0.3, 0.4) is 0 Å². The Kier molecular flexibility index (Phi) is 3.58. The summed E-state index contributed by atoms with van der Waals surface area (Å²) in [7, 11) is 0. The van der Waals surface area contributed by atoms with Crippen LogP contribution in [0.25, 0.3) is 0 Å². The highest BCUT2D eigenvalue weighted by atomic mass is 16.6. The number of benzene rings is 1. The molecule has 1 aromatic carbocycles. The quantitative estimate of drug-likeness (QED) is 0.797. The Morgan fingerprint density at radius 1 is 1.04 bits per heavy atom. The first kappa shape index (κ1) is 16.1. The van der Waals surface area contributed by atoms with Gasteiger partial charge in [-0.2, -0.15) is 0 Å².